The molecule has 0 bridgehead atoms. The minimum Gasteiger partial charge on any atom is -0.335 e. The van der Waals surface area contributed by atoms with E-state index in [-0.39, 0.29) is 11.9 Å². The van der Waals surface area contributed by atoms with Crippen molar-refractivity contribution < 1.29 is 4.79 Å². The molecule has 1 fully saturated rings. The second-order valence-corrected chi connectivity index (χ2v) is 8.16. The number of carbonyl (C=O) groups excluding carboxylic acids is 1. The van der Waals surface area contributed by atoms with Crippen LogP contribution in [0.5, 0.6) is 0 Å². The lowest BCUT2D eigenvalue weighted by Crippen LogP contribution is -2.48. The van der Waals surface area contributed by atoms with Crippen molar-refractivity contribution in [2.45, 2.75) is 32.2 Å². The van der Waals surface area contributed by atoms with Crippen LogP contribution in [0.2, 0.25) is 0 Å². The first-order valence-electron chi connectivity index (χ1n) is 10.0. The molecule has 6 heteroatoms. The Morgan fingerprint density at radius 3 is 2.82 bits per heavy atom. The Bertz CT molecular complexity index is 918. The topological polar surface area (TPSA) is 49.3 Å². The number of rotatable bonds is 6. The predicted molar refractivity (Wildman–Crippen MR) is 114 cm³/mol. The van der Waals surface area contributed by atoms with Gasteiger partial charge in [-0.1, -0.05) is 13.0 Å². The highest BCUT2D eigenvalue weighted by atomic mass is 32.1. The molecule has 0 aliphatic carbocycles. The van der Waals surface area contributed by atoms with Gasteiger partial charge in [-0.2, -0.15) is 0 Å². The fraction of sp³-hybridized carbons (Fsp3) is 0.409. The number of fused-ring (bicyclic) bond motifs is 1. The summed E-state index contributed by atoms with van der Waals surface area (Å²) >= 11 is 1.58. The van der Waals surface area contributed by atoms with Crippen molar-refractivity contribution in [3.8, 4) is 0 Å². The van der Waals surface area contributed by atoms with Crippen molar-refractivity contribution >= 4 is 27.5 Å². The Morgan fingerprint density at radius 1 is 1.21 bits per heavy atom. The van der Waals surface area contributed by atoms with Crippen molar-refractivity contribution in [1.29, 1.82) is 0 Å². The smallest absolute Gasteiger partial charge is 0.254 e. The molecule has 5 nitrogen and oxygen atoms in total. The molecule has 3 heterocycles. The lowest BCUT2D eigenvalue weighted by Gasteiger charge is -2.38. The van der Waals surface area contributed by atoms with E-state index in [4.69, 9.17) is 0 Å². The SMILES string of the molecule is CCN1CCC(N(CCc2ccccn2)C(=O)c2ccc3ncsc3c2)CC1. The summed E-state index contributed by atoms with van der Waals surface area (Å²) in [5.41, 5.74) is 4.58. The van der Waals surface area contributed by atoms with Gasteiger partial charge in [0.15, 0.2) is 0 Å². The molecule has 1 aromatic carbocycles. The van der Waals surface area contributed by atoms with Crippen LogP contribution in [-0.4, -0.2) is 57.9 Å². The molecule has 1 amide bonds. The molecule has 0 N–H and O–H groups in total. The quantitative estimate of drug-likeness (QED) is 0.637. The minimum atomic E-state index is 0.126. The summed E-state index contributed by atoms with van der Waals surface area (Å²) in [6.45, 7) is 6.10. The van der Waals surface area contributed by atoms with Crippen LogP contribution in [0, 0.1) is 0 Å². The lowest BCUT2D eigenvalue weighted by atomic mass is 10.0. The summed E-state index contributed by atoms with van der Waals surface area (Å²) < 4.78 is 1.07. The summed E-state index contributed by atoms with van der Waals surface area (Å²) in [5.74, 6) is 0.126. The molecule has 0 spiro atoms. The van der Waals surface area contributed by atoms with E-state index in [0.29, 0.717) is 6.54 Å². The Kier molecular flexibility index (Phi) is 5.98. The number of aromatic nitrogens is 2. The number of piperidine rings is 1. The Morgan fingerprint density at radius 2 is 2.07 bits per heavy atom. The number of pyridine rings is 1. The number of hydrogen-bond donors (Lipinski definition) is 0. The summed E-state index contributed by atoms with van der Waals surface area (Å²) in [6, 6.07) is 12.1. The molecule has 3 aromatic rings. The van der Waals surface area contributed by atoms with Gasteiger partial charge in [-0.15, -0.1) is 11.3 Å². The Hall–Kier alpha value is -2.31. The molecule has 28 heavy (non-hydrogen) atoms. The highest BCUT2D eigenvalue weighted by Crippen LogP contribution is 2.23. The largest absolute Gasteiger partial charge is 0.335 e. The number of benzene rings is 1. The van der Waals surface area contributed by atoms with Crippen molar-refractivity contribution in [2.24, 2.45) is 0 Å². The van der Waals surface area contributed by atoms with Gasteiger partial charge in [0, 0.05) is 49.6 Å². The molecule has 1 aliphatic heterocycles. The monoisotopic (exact) mass is 394 g/mol. The molecule has 0 atom stereocenters. The van der Waals surface area contributed by atoms with E-state index in [9.17, 15) is 4.79 Å². The van der Waals surface area contributed by atoms with E-state index >= 15 is 0 Å². The van der Waals surface area contributed by atoms with Crippen LogP contribution in [0.25, 0.3) is 10.2 Å². The summed E-state index contributed by atoms with van der Waals surface area (Å²) in [4.78, 5) is 26.8. The molecule has 0 radical (unpaired) electrons. The predicted octanol–water partition coefficient (Wildman–Crippen LogP) is 3.86. The van der Waals surface area contributed by atoms with Crippen LogP contribution >= 0.6 is 11.3 Å². The van der Waals surface area contributed by atoms with Gasteiger partial charge in [0.05, 0.1) is 15.7 Å². The number of likely N-dealkylation sites (tertiary alicyclic amines) is 1. The fourth-order valence-corrected chi connectivity index (χ4v) is 4.65. The first-order chi connectivity index (χ1) is 13.7. The van der Waals surface area contributed by atoms with Crippen LogP contribution in [0.1, 0.15) is 35.8 Å². The molecular formula is C22H26N4OS. The summed E-state index contributed by atoms with van der Waals surface area (Å²) in [6.07, 6.45) is 4.66. The molecule has 1 saturated heterocycles. The number of nitrogens with zero attached hydrogens (tertiary/aromatic N) is 4. The number of amides is 1. The average Bonchev–Trinajstić information content (AvgIpc) is 3.23. The van der Waals surface area contributed by atoms with Gasteiger partial charge in [-0.05, 0) is 49.7 Å². The second-order valence-electron chi connectivity index (χ2n) is 7.27. The molecule has 0 unspecified atom stereocenters. The average molecular weight is 395 g/mol. The Labute approximate surface area is 170 Å². The normalized spacial score (nSPS) is 15.8. The van der Waals surface area contributed by atoms with Crippen LogP contribution < -0.4 is 0 Å². The Balaban J connectivity index is 1.54. The second kappa shape index (κ2) is 8.80. The van der Waals surface area contributed by atoms with Crippen molar-refractivity contribution in [1.82, 2.24) is 19.8 Å². The van der Waals surface area contributed by atoms with E-state index in [0.717, 1.165) is 60.4 Å². The van der Waals surface area contributed by atoms with E-state index < -0.39 is 0 Å². The van der Waals surface area contributed by atoms with Gasteiger partial charge in [0.25, 0.3) is 5.91 Å². The standard InChI is InChI=1S/C22H26N4OS/c1-2-25-12-9-19(10-13-25)26(14-8-18-5-3-4-11-23-18)22(27)17-6-7-20-21(15-17)28-16-24-20/h3-7,11,15-16,19H,2,8-10,12-14H2,1H3. The van der Waals surface area contributed by atoms with E-state index in [1.54, 1.807) is 11.3 Å². The van der Waals surface area contributed by atoms with Crippen molar-refractivity contribution in [3.63, 3.8) is 0 Å². The number of thiazole rings is 1. The van der Waals surface area contributed by atoms with Gasteiger partial charge < -0.3 is 9.80 Å². The highest BCUT2D eigenvalue weighted by molar-refractivity contribution is 7.16. The van der Waals surface area contributed by atoms with Crippen molar-refractivity contribution in [3.05, 3.63) is 59.4 Å². The van der Waals surface area contributed by atoms with Gasteiger partial charge in [-0.25, -0.2) is 4.98 Å². The lowest BCUT2D eigenvalue weighted by molar-refractivity contribution is 0.0579. The zero-order chi connectivity index (χ0) is 19.3. The maximum Gasteiger partial charge on any atom is 0.254 e. The third-order valence-electron chi connectivity index (χ3n) is 5.62. The molecule has 146 valence electrons. The molecule has 0 saturated carbocycles. The maximum atomic E-state index is 13.5. The van der Waals surface area contributed by atoms with E-state index in [1.165, 1.54) is 0 Å². The molecular weight excluding hydrogens is 368 g/mol. The fourth-order valence-electron chi connectivity index (χ4n) is 3.93. The van der Waals surface area contributed by atoms with E-state index in [2.05, 4.69) is 26.7 Å². The van der Waals surface area contributed by atoms with Crippen LogP contribution in [0.3, 0.4) is 0 Å². The zero-order valence-corrected chi connectivity index (χ0v) is 17.1. The zero-order valence-electron chi connectivity index (χ0n) is 16.3. The number of hydrogen-bond acceptors (Lipinski definition) is 5. The molecule has 4 rings (SSSR count). The van der Waals surface area contributed by atoms with Crippen LogP contribution in [0.15, 0.2) is 48.1 Å². The van der Waals surface area contributed by atoms with Crippen LogP contribution in [-0.2, 0) is 6.42 Å². The van der Waals surface area contributed by atoms with Crippen molar-refractivity contribution in [2.75, 3.05) is 26.2 Å². The number of carbonyl (C=O) groups is 1. The maximum absolute atomic E-state index is 13.5. The first kappa shape index (κ1) is 19.0. The molecule has 1 aliphatic rings. The summed E-state index contributed by atoms with van der Waals surface area (Å²) in [5, 5.41) is 0. The molecule has 2 aromatic heterocycles. The van der Waals surface area contributed by atoms with Gasteiger partial charge in [0.1, 0.15) is 0 Å². The summed E-state index contributed by atoms with van der Waals surface area (Å²) in [7, 11) is 0. The van der Waals surface area contributed by atoms with Gasteiger partial charge in [0.2, 0.25) is 0 Å². The van der Waals surface area contributed by atoms with Crippen LogP contribution in [0.4, 0.5) is 0 Å². The van der Waals surface area contributed by atoms with Gasteiger partial charge >= 0.3 is 0 Å². The third-order valence-corrected chi connectivity index (χ3v) is 6.41. The van der Waals surface area contributed by atoms with Gasteiger partial charge in [-0.3, -0.25) is 9.78 Å². The highest BCUT2D eigenvalue weighted by Gasteiger charge is 2.28. The van der Waals surface area contributed by atoms with E-state index in [1.807, 2.05) is 48.1 Å². The first-order valence-corrected chi connectivity index (χ1v) is 10.9. The third kappa shape index (κ3) is 4.23. The minimum absolute atomic E-state index is 0.126.